The Bertz CT molecular complexity index is 744. The highest BCUT2D eigenvalue weighted by atomic mass is 32.2. The third-order valence-corrected chi connectivity index (χ3v) is 6.46. The molecule has 1 saturated heterocycles. The van der Waals surface area contributed by atoms with Gasteiger partial charge < -0.3 is 14.2 Å². The highest BCUT2D eigenvalue weighted by molar-refractivity contribution is 7.89. The SMILES string of the molecule is COC(=O)c1ccc(OC)c(S(=O)(=O)N2CCC(OCC3CC3)C2)c1. The molecule has 0 spiro atoms. The normalized spacial score (nSPS) is 21.3. The van der Waals surface area contributed by atoms with Gasteiger partial charge in [0, 0.05) is 19.7 Å². The van der Waals surface area contributed by atoms with Crippen LogP contribution in [0.25, 0.3) is 0 Å². The van der Waals surface area contributed by atoms with Crippen LogP contribution in [-0.4, -0.2) is 58.7 Å². The fourth-order valence-corrected chi connectivity index (χ4v) is 4.54. The van der Waals surface area contributed by atoms with Crippen LogP contribution in [0.3, 0.4) is 0 Å². The molecule has 25 heavy (non-hydrogen) atoms. The van der Waals surface area contributed by atoms with Gasteiger partial charge in [-0.2, -0.15) is 4.31 Å². The Labute approximate surface area is 147 Å². The summed E-state index contributed by atoms with van der Waals surface area (Å²) in [6, 6.07) is 4.25. The fourth-order valence-electron chi connectivity index (χ4n) is 2.87. The molecule has 2 aliphatic rings. The predicted molar refractivity (Wildman–Crippen MR) is 90.2 cm³/mol. The van der Waals surface area contributed by atoms with Crippen molar-refractivity contribution in [2.45, 2.75) is 30.3 Å². The van der Waals surface area contributed by atoms with Crippen LogP contribution in [0.2, 0.25) is 0 Å². The molecule has 1 aromatic carbocycles. The summed E-state index contributed by atoms with van der Waals surface area (Å²) < 4.78 is 43.1. The summed E-state index contributed by atoms with van der Waals surface area (Å²) in [6.07, 6.45) is 2.99. The van der Waals surface area contributed by atoms with Gasteiger partial charge in [-0.15, -0.1) is 0 Å². The van der Waals surface area contributed by atoms with Gasteiger partial charge in [-0.1, -0.05) is 0 Å². The van der Waals surface area contributed by atoms with Crippen molar-refractivity contribution in [2.24, 2.45) is 5.92 Å². The van der Waals surface area contributed by atoms with E-state index in [-0.39, 0.29) is 22.3 Å². The second kappa shape index (κ2) is 7.31. The van der Waals surface area contributed by atoms with Gasteiger partial charge >= 0.3 is 5.97 Å². The Morgan fingerprint density at radius 3 is 2.64 bits per heavy atom. The first kappa shape index (κ1) is 18.2. The first-order valence-corrected chi connectivity index (χ1v) is 9.78. The molecule has 1 saturated carbocycles. The van der Waals surface area contributed by atoms with Crippen molar-refractivity contribution >= 4 is 16.0 Å². The van der Waals surface area contributed by atoms with Gasteiger partial charge in [-0.3, -0.25) is 0 Å². The maximum Gasteiger partial charge on any atom is 0.337 e. The van der Waals surface area contributed by atoms with Crippen LogP contribution < -0.4 is 4.74 Å². The fraction of sp³-hybridized carbons (Fsp3) is 0.588. The summed E-state index contributed by atoms with van der Waals surface area (Å²) in [4.78, 5) is 11.7. The number of carbonyl (C=O) groups is 1. The average molecular weight is 369 g/mol. The van der Waals surface area contributed by atoms with E-state index in [0.717, 1.165) is 0 Å². The maximum absolute atomic E-state index is 13.0. The van der Waals surface area contributed by atoms with Crippen LogP contribution in [0.15, 0.2) is 23.1 Å². The van der Waals surface area contributed by atoms with E-state index >= 15 is 0 Å². The van der Waals surface area contributed by atoms with E-state index in [4.69, 9.17) is 9.47 Å². The van der Waals surface area contributed by atoms with E-state index in [9.17, 15) is 13.2 Å². The third kappa shape index (κ3) is 3.96. The second-order valence-electron chi connectivity index (χ2n) is 6.41. The van der Waals surface area contributed by atoms with Crippen molar-refractivity contribution < 1.29 is 27.4 Å². The summed E-state index contributed by atoms with van der Waals surface area (Å²) in [5.74, 6) is 0.253. The van der Waals surface area contributed by atoms with E-state index in [1.165, 1.54) is 49.6 Å². The first-order valence-electron chi connectivity index (χ1n) is 8.34. The Balaban J connectivity index is 1.79. The van der Waals surface area contributed by atoms with Gasteiger partial charge in [0.05, 0.1) is 25.9 Å². The number of hydrogen-bond acceptors (Lipinski definition) is 6. The van der Waals surface area contributed by atoms with Gasteiger partial charge in [0.25, 0.3) is 0 Å². The second-order valence-corrected chi connectivity index (χ2v) is 8.31. The van der Waals surface area contributed by atoms with Crippen molar-refractivity contribution in [3.8, 4) is 5.75 Å². The topological polar surface area (TPSA) is 82.1 Å². The summed E-state index contributed by atoms with van der Waals surface area (Å²) >= 11 is 0. The minimum absolute atomic E-state index is 0.0271. The number of esters is 1. The van der Waals surface area contributed by atoms with Gasteiger partial charge in [0.1, 0.15) is 10.6 Å². The van der Waals surface area contributed by atoms with Crippen LogP contribution in [0.5, 0.6) is 5.75 Å². The third-order valence-electron chi connectivity index (χ3n) is 4.57. The monoisotopic (exact) mass is 369 g/mol. The smallest absolute Gasteiger partial charge is 0.337 e. The summed E-state index contributed by atoms with van der Waals surface area (Å²) in [7, 11) is -1.13. The van der Waals surface area contributed by atoms with E-state index in [1.54, 1.807) is 0 Å². The minimum atomic E-state index is -3.78. The number of nitrogens with zero attached hydrogens (tertiary/aromatic N) is 1. The summed E-state index contributed by atoms with van der Waals surface area (Å²) in [5.41, 5.74) is 0.169. The number of rotatable bonds is 7. The molecule has 1 aromatic rings. The standard InChI is InChI=1S/C17H23NO6S/c1-22-15-6-5-13(17(19)23-2)9-16(15)25(20,21)18-8-7-14(10-18)24-11-12-3-4-12/h5-6,9,12,14H,3-4,7-8,10-11H2,1-2H3. The van der Waals surface area contributed by atoms with E-state index in [2.05, 4.69) is 4.74 Å². The lowest BCUT2D eigenvalue weighted by molar-refractivity contribution is 0.0560. The zero-order chi connectivity index (χ0) is 18.0. The molecule has 3 rings (SSSR count). The molecule has 0 N–H and O–H groups in total. The minimum Gasteiger partial charge on any atom is -0.495 e. The van der Waals surface area contributed by atoms with Crippen molar-refractivity contribution in [3.63, 3.8) is 0 Å². The molecule has 0 amide bonds. The van der Waals surface area contributed by atoms with Crippen LogP contribution in [0.4, 0.5) is 0 Å². The van der Waals surface area contributed by atoms with E-state index in [0.29, 0.717) is 32.0 Å². The molecule has 0 bridgehead atoms. The Hall–Kier alpha value is -1.64. The van der Waals surface area contributed by atoms with Crippen LogP contribution in [0.1, 0.15) is 29.6 Å². The lowest BCUT2D eigenvalue weighted by Gasteiger charge is -2.19. The lowest BCUT2D eigenvalue weighted by atomic mass is 10.2. The molecule has 1 aliphatic carbocycles. The van der Waals surface area contributed by atoms with Crippen molar-refractivity contribution in [3.05, 3.63) is 23.8 Å². The number of benzene rings is 1. The highest BCUT2D eigenvalue weighted by Crippen LogP contribution is 2.32. The number of carbonyl (C=O) groups excluding carboxylic acids is 1. The summed E-state index contributed by atoms with van der Waals surface area (Å²) in [5, 5.41) is 0. The number of ether oxygens (including phenoxy) is 3. The maximum atomic E-state index is 13.0. The van der Waals surface area contributed by atoms with Crippen molar-refractivity contribution in [1.82, 2.24) is 4.31 Å². The number of hydrogen-bond donors (Lipinski definition) is 0. The number of methoxy groups -OCH3 is 2. The Morgan fingerprint density at radius 1 is 1.24 bits per heavy atom. The molecule has 1 aliphatic heterocycles. The van der Waals surface area contributed by atoms with Crippen LogP contribution in [0, 0.1) is 5.92 Å². The zero-order valence-corrected chi connectivity index (χ0v) is 15.3. The first-order chi connectivity index (χ1) is 12.0. The average Bonchev–Trinajstić information content (AvgIpc) is 3.33. The van der Waals surface area contributed by atoms with Crippen molar-refractivity contribution in [2.75, 3.05) is 33.9 Å². The molecular weight excluding hydrogens is 346 g/mol. The molecule has 7 nitrogen and oxygen atoms in total. The molecule has 8 heteroatoms. The van der Waals surface area contributed by atoms with Gasteiger partial charge in [-0.05, 0) is 43.4 Å². The molecule has 138 valence electrons. The number of sulfonamides is 1. The van der Waals surface area contributed by atoms with Crippen molar-refractivity contribution in [1.29, 1.82) is 0 Å². The Morgan fingerprint density at radius 2 is 2.00 bits per heavy atom. The molecule has 1 atom stereocenters. The Kier molecular flexibility index (Phi) is 5.31. The molecule has 1 unspecified atom stereocenters. The van der Waals surface area contributed by atoms with E-state index < -0.39 is 16.0 Å². The van der Waals surface area contributed by atoms with Crippen LogP contribution in [-0.2, 0) is 19.5 Å². The quantitative estimate of drug-likeness (QED) is 0.680. The molecule has 1 heterocycles. The lowest BCUT2D eigenvalue weighted by Crippen LogP contribution is -2.31. The molecule has 0 radical (unpaired) electrons. The van der Waals surface area contributed by atoms with E-state index in [1.807, 2.05) is 0 Å². The summed E-state index contributed by atoms with van der Waals surface area (Å²) in [6.45, 7) is 1.42. The van der Waals surface area contributed by atoms with Gasteiger partial charge in [0.15, 0.2) is 0 Å². The van der Waals surface area contributed by atoms with Gasteiger partial charge in [0.2, 0.25) is 10.0 Å². The highest BCUT2D eigenvalue weighted by Gasteiger charge is 2.36. The zero-order valence-electron chi connectivity index (χ0n) is 14.4. The predicted octanol–water partition coefficient (Wildman–Crippen LogP) is 1.67. The molecular formula is C17H23NO6S. The largest absolute Gasteiger partial charge is 0.495 e. The van der Waals surface area contributed by atoms with Gasteiger partial charge in [-0.25, -0.2) is 13.2 Å². The van der Waals surface area contributed by atoms with Crippen LogP contribution >= 0.6 is 0 Å². The molecule has 2 fully saturated rings. The molecule has 0 aromatic heterocycles.